The molecule has 1 amide bonds. The Kier molecular flexibility index (Phi) is 4.08. The zero-order valence-electron chi connectivity index (χ0n) is 13.9. The van der Waals surface area contributed by atoms with Crippen LogP contribution in [0.5, 0.6) is 0 Å². The molecule has 2 aliphatic rings. The summed E-state index contributed by atoms with van der Waals surface area (Å²) in [5.74, 6) is 0.0698. The number of nitrogens with zero attached hydrogens (tertiary/aromatic N) is 2. The number of morpholine rings is 1. The molecule has 4 nitrogen and oxygen atoms in total. The monoisotopic (exact) mass is 322 g/mol. The van der Waals surface area contributed by atoms with E-state index in [1.165, 1.54) is 5.56 Å². The summed E-state index contributed by atoms with van der Waals surface area (Å²) in [6, 6.07) is 18.3. The molecule has 24 heavy (non-hydrogen) atoms. The maximum absolute atomic E-state index is 13.3. The van der Waals surface area contributed by atoms with Gasteiger partial charge in [-0.25, -0.2) is 0 Å². The van der Waals surface area contributed by atoms with Crippen molar-refractivity contribution in [3.8, 4) is 0 Å². The fourth-order valence-corrected chi connectivity index (χ4v) is 3.79. The fraction of sp³-hybridized carbons (Fsp3) is 0.350. The number of ether oxygens (including phenoxy) is 1. The third-order valence-corrected chi connectivity index (χ3v) is 5.04. The van der Waals surface area contributed by atoms with Gasteiger partial charge in [0.2, 0.25) is 0 Å². The first-order chi connectivity index (χ1) is 11.8. The van der Waals surface area contributed by atoms with Crippen LogP contribution < -0.4 is 4.90 Å². The lowest BCUT2D eigenvalue weighted by molar-refractivity contribution is -0.141. The summed E-state index contributed by atoms with van der Waals surface area (Å²) in [6.45, 7) is 2.16. The molecule has 124 valence electrons. The van der Waals surface area contributed by atoms with E-state index in [-0.39, 0.29) is 11.9 Å². The first-order valence-corrected chi connectivity index (χ1v) is 8.52. The zero-order chi connectivity index (χ0) is 16.5. The lowest BCUT2D eigenvalue weighted by Gasteiger charge is -2.40. The SMILES string of the molecule is CN1CCO[C@@H](C(=O)N2CCc3ccccc32)[C@@H]1c1ccccc1. The van der Waals surface area contributed by atoms with Crippen LogP contribution in [0, 0.1) is 0 Å². The number of carbonyl (C=O) groups excluding carboxylic acids is 1. The fourth-order valence-electron chi connectivity index (χ4n) is 3.79. The van der Waals surface area contributed by atoms with Gasteiger partial charge in [-0.15, -0.1) is 0 Å². The van der Waals surface area contributed by atoms with Gasteiger partial charge in [0.25, 0.3) is 5.91 Å². The highest BCUT2D eigenvalue weighted by molar-refractivity contribution is 5.99. The van der Waals surface area contributed by atoms with Crippen molar-refractivity contribution in [1.29, 1.82) is 0 Å². The molecule has 4 heteroatoms. The molecule has 2 aromatic carbocycles. The van der Waals surface area contributed by atoms with Gasteiger partial charge in [-0.2, -0.15) is 0 Å². The van der Waals surface area contributed by atoms with Crippen molar-refractivity contribution < 1.29 is 9.53 Å². The Labute approximate surface area is 142 Å². The Morgan fingerprint density at radius 3 is 2.62 bits per heavy atom. The first-order valence-electron chi connectivity index (χ1n) is 8.52. The second kappa shape index (κ2) is 6.38. The zero-order valence-corrected chi connectivity index (χ0v) is 13.9. The Hall–Kier alpha value is -2.17. The minimum absolute atomic E-state index is 0.0415. The van der Waals surface area contributed by atoms with Crippen molar-refractivity contribution in [2.75, 3.05) is 31.6 Å². The van der Waals surface area contributed by atoms with Crippen molar-refractivity contribution in [3.63, 3.8) is 0 Å². The number of carbonyl (C=O) groups is 1. The van der Waals surface area contributed by atoms with Crippen molar-refractivity contribution in [2.45, 2.75) is 18.6 Å². The third-order valence-electron chi connectivity index (χ3n) is 5.04. The van der Waals surface area contributed by atoms with Gasteiger partial charge in [0.05, 0.1) is 12.6 Å². The van der Waals surface area contributed by atoms with Crippen LogP contribution in [0.4, 0.5) is 5.69 Å². The van der Waals surface area contributed by atoms with Crippen molar-refractivity contribution in [2.24, 2.45) is 0 Å². The van der Waals surface area contributed by atoms with Gasteiger partial charge in [-0.05, 0) is 30.7 Å². The molecule has 0 unspecified atom stereocenters. The molecule has 1 saturated heterocycles. The summed E-state index contributed by atoms with van der Waals surface area (Å²) in [7, 11) is 2.07. The summed E-state index contributed by atoms with van der Waals surface area (Å²) in [5, 5.41) is 0. The van der Waals surface area contributed by atoms with Gasteiger partial charge >= 0.3 is 0 Å². The molecule has 0 aliphatic carbocycles. The second-order valence-corrected chi connectivity index (χ2v) is 6.50. The van der Waals surface area contributed by atoms with E-state index in [2.05, 4.69) is 30.1 Å². The summed E-state index contributed by atoms with van der Waals surface area (Å²) in [5.41, 5.74) is 3.41. The van der Waals surface area contributed by atoms with E-state index in [9.17, 15) is 4.79 Å². The molecule has 4 rings (SSSR count). The van der Waals surface area contributed by atoms with E-state index in [0.717, 1.165) is 30.8 Å². The van der Waals surface area contributed by atoms with Crippen LogP contribution in [0.3, 0.4) is 0 Å². The Balaban J connectivity index is 1.65. The van der Waals surface area contributed by atoms with Crippen LogP contribution in [0.2, 0.25) is 0 Å². The number of amides is 1. The third kappa shape index (κ3) is 2.62. The molecule has 2 heterocycles. The Morgan fingerprint density at radius 1 is 1.04 bits per heavy atom. The standard InChI is InChI=1S/C20H22N2O2/c1-21-13-14-24-19(18(21)16-8-3-2-4-9-16)20(23)22-12-11-15-7-5-6-10-17(15)22/h2-10,18-19H,11-14H2,1H3/t18-,19+/m0/s1. The molecule has 2 aliphatic heterocycles. The largest absolute Gasteiger partial charge is 0.365 e. The van der Waals surface area contributed by atoms with Crippen LogP contribution >= 0.6 is 0 Å². The van der Waals surface area contributed by atoms with Gasteiger partial charge in [0, 0.05) is 18.8 Å². The lowest BCUT2D eigenvalue weighted by Crippen LogP contribution is -2.51. The van der Waals surface area contributed by atoms with Crippen molar-refractivity contribution in [3.05, 3.63) is 65.7 Å². The van der Waals surface area contributed by atoms with Gasteiger partial charge in [0.15, 0.2) is 6.10 Å². The molecular formula is C20H22N2O2. The summed E-state index contributed by atoms with van der Waals surface area (Å²) < 4.78 is 5.97. The quantitative estimate of drug-likeness (QED) is 0.852. The molecular weight excluding hydrogens is 300 g/mol. The summed E-state index contributed by atoms with van der Waals surface area (Å²) in [6.07, 6.45) is 0.456. The molecule has 0 spiro atoms. The highest BCUT2D eigenvalue weighted by Gasteiger charge is 2.40. The smallest absolute Gasteiger partial charge is 0.258 e. The van der Waals surface area contributed by atoms with Gasteiger partial charge in [-0.1, -0.05) is 48.5 Å². The molecule has 0 radical (unpaired) electrons. The number of fused-ring (bicyclic) bond motifs is 1. The average molecular weight is 322 g/mol. The van der Waals surface area contributed by atoms with E-state index >= 15 is 0 Å². The number of hydrogen-bond donors (Lipinski definition) is 0. The minimum atomic E-state index is -0.461. The first kappa shape index (κ1) is 15.4. The number of anilines is 1. The Morgan fingerprint density at radius 2 is 1.79 bits per heavy atom. The van der Waals surface area contributed by atoms with Gasteiger partial charge in [-0.3, -0.25) is 9.69 Å². The number of rotatable bonds is 2. The van der Waals surface area contributed by atoms with Crippen LogP contribution in [-0.2, 0) is 16.0 Å². The number of benzene rings is 2. The maximum Gasteiger partial charge on any atom is 0.258 e. The van der Waals surface area contributed by atoms with Crippen LogP contribution in [0.1, 0.15) is 17.2 Å². The van der Waals surface area contributed by atoms with E-state index in [1.54, 1.807) is 0 Å². The molecule has 1 fully saturated rings. The van der Waals surface area contributed by atoms with E-state index < -0.39 is 6.10 Å². The lowest BCUT2D eigenvalue weighted by atomic mass is 9.97. The molecule has 0 saturated carbocycles. The number of hydrogen-bond acceptors (Lipinski definition) is 3. The predicted molar refractivity (Wildman–Crippen MR) is 94.1 cm³/mol. The van der Waals surface area contributed by atoms with Crippen molar-refractivity contribution >= 4 is 11.6 Å². The molecule has 2 aromatic rings. The number of para-hydroxylation sites is 1. The van der Waals surface area contributed by atoms with E-state index in [0.29, 0.717) is 6.61 Å². The highest BCUT2D eigenvalue weighted by atomic mass is 16.5. The van der Waals surface area contributed by atoms with Gasteiger partial charge in [0.1, 0.15) is 0 Å². The van der Waals surface area contributed by atoms with Crippen LogP contribution in [0.25, 0.3) is 0 Å². The van der Waals surface area contributed by atoms with E-state index in [4.69, 9.17) is 4.74 Å². The summed E-state index contributed by atoms with van der Waals surface area (Å²) >= 11 is 0. The Bertz CT molecular complexity index is 731. The molecule has 0 aromatic heterocycles. The maximum atomic E-state index is 13.3. The molecule has 0 bridgehead atoms. The van der Waals surface area contributed by atoms with Crippen molar-refractivity contribution in [1.82, 2.24) is 4.90 Å². The normalized spacial score (nSPS) is 24.0. The summed E-state index contributed by atoms with van der Waals surface area (Å²) in [4.78, 5) is 17.4. The second-order valence-electron chi connectivity index (χ2n) is 6.50. The topological polar surface area (TPSA) is 32.8 Å². The highest BCUT2D eigenvalue weighted by Crippen LogP contribution is 2.33. The number of likely N-dealkylation sites (N-methyl/N-ethyl adjacent to an activating group) is 1. The average Bonchev–Trinajstić information content (AvgIpc) is 3.06. The van der Waals surface area contributed by atoms with Crippen LogP contribution in [-0.4, -0.2) is 43.7 Å². The minimum Gasteiger partial charge on any atom is -0.365 e. The predicted octanol–water partition coefficient (Wildman–Crippen LogP) is 2.65. The van der Waals surface area contributed by atoms with Crippen LogP contribution in [0.15, 0.2) is 54.6 Å². The molecule has 2 atom stereocenters. The molecule has 0 N–H and O–H groups in total. The van der Waals surface area contributed by atoms with Gasteiger partial charge < -0.3 is 9.64 Å². The van der Waals surface area contributed by atoms with E-state index in [1.807, 2.05) is 41.3 Å².